The lowest BCUT2D eigenvalue weighted by molar-refractivity contribution is 0.315. The molecule has 1 aliphatic carbocycles. The molecule has 2 heteroatoms. The fourth-order valence-electron chi connectivity index (χ4n) is 2.69. The van der Waals surface area contributed by atoms with Crippen LogP contribution in [0.2, 0.25) is 0 Å². The van der Waals surface area contributed by atoms with Crippen molar-refractivity contribution in [1.29, 1.82) is 0 Å². The Morgan fingerprint density at radius 3 is 2.73 bits per heavy atom. The predicted octanol–water partition coefficient (Wildman–Crippen LogP) is 3.43. The molecule has 1 aromatic heterocycles. The van der Waals surface area contributed by atoms with Crippen LogP contribution in [-0.4, -0.2) is 6.54 Å². The van der Waals surface area contributed by atoms with E-state index in [9.17, 15) is 0 Å². The van der Waals surface area contributed by atoms with Crippen LogP contribution in [0.15, 0.2) is 16.7 Å². The lowest BCUT2D eigenvalue weighted by Crippen LogP contribution is -2.27. The quantitative estimate of drug-likeness (QED) is 0.818. The molecule has 15 heavy (non-hydrogen) atoms. The van der Waals surface area contributed by atoms with Gasteiger partial charge in [-0.05, 0) is 43.9 Å². The van der Waals surface area contributed by atoms with E-state index in [2.05, 4.69) is 25.2 Å². The topological polar surface area (TPSA) is 25.2 Å². The van der Waals surface area contributed by atoms with Crippen molar-refractivity contribution < 1.29 is 4.42 Å². The summed E-state index contributed by atoms with van der Waals surface area (Å²) in [5.74, 6) is 1.93. The van der Waals surface area contributed by atoms with Gasteiger partial charge in [-0.3, -0.25) is 0 Å². The van der Waals surface area contributed by atoms with Gasteiger partial charge in [0.1, 0.15) is 5.76 Å². The van der Waals surface area contributed by atoms with Crippen LogP contribution in [-0.2, 0) is 0 Å². The number of rotatable bonds is 4. The van der Waals surface area contributed by atoms with Gasteiger partial charge in [0.15, 0.2) is 0 Å². The minimum atomic E-state index is 0.438. The first-order valence-electron chi connectivity index (χ1n) is 6.10. The molecular weight excluding hydrogens is 186 g/mol. The van der Waals surface area contributed by atoms with Crippen molar-refractivity contribution in [2.24, 2.45) is 5.92 Å². The van der Waals surface area contributed by atoms with E-state index in [1.165, 1.54) is 31.2 Å². The molecule has 1 fully saturated rings. The Hall–Kier alpha value is -0.760. The highest BCUT2D eigenvalue weighted by Gasteiger charge is 2.28. The number of nitrogens with one attached hydrogen (secondary N) is 1. The Balaban J connectivity index is 2.15. The highest BCUT2D eigenvalue weighted by Crippen LogP contribution is 2.36. The van der Waals surface area contributed by atoms with Crippen molar-refractivity contribution in [2.75, 3.05) is 6.54 Å². The van der Waals surface area contributed by atoms with Gasteiger partial charge in [-0.1, -0.05) is 19.8 Å². The molecular formula is C13H21NO. The van der Waals surface area contributed by atoms with Gasteiger partial charge in [0.2, 0.25) is 0 Å². The zero-order chi connectivity index (χ0) is 10.7. The molecule has 0 aromatic carbocycles. The summed E-state index contributed by atoms with van der Waals surface area (Å²) in [7, 11) is 0. The third-order valence-electron chi connectivity index (χ3n) is 3.48. The smallest absolute Gasteiger partial charge is 0.123 e. The average Bonchev–Trinajstić information content (AvgIpc) is 2.85. The van der Waals surface area contributed by atoms with Crippen LogP contribution in [0.1, 0.15) is 50.0 Å². The van der Waals surface area contributed by atoms with Gasteiger partial charge in [-0.2, -0.15) is 0 Å². The number of furan rings is 1. The lowest BCUT2D eigenvalue weighted by atomic mass is 9.94. The first kappa shape index (κ1) is 10.7. The van der Waals surface area contributed by atoms with Crippen LogP contribution in [0.5, 0.6) is 0 Å². The second-order valence-corrected chi connectivity index (χ2v) is 4.55. The molecule has 0 bridgehead atoms. The van der Waals surface area contributed by atoms with Gasteiger partial charge in [-0.25, -0.2) is 0 Å². The molecule has 1 unspecified atom stereocenters. The summed E-state index contributed by atoms with van der Waals surface area (Å²) in [5.41, 5.74) is 1.29. The molecule has 1 aliphatic rings. The normalized spacial score (nSPS) is 19.6. The zero-order valence-corrected chi connectivity index (χ0v) is 9.75. The molecule has 1 aromatic rings. The van der Waals surface area contributed by atoms with E-state index in [1.54, 1.807) is 0 Å². The molecule has 0 saturated heterocycles. The van der Waals surface area contributed by atoms with Gasteiger partial charge in [-0.15, -0.1) is 0 Å². The summed E-state index contributed by atoms with van der Waals surface area (Å²) < 4.78 is 5.63. The number of aryl methyl sites for hydroxylation is 1. The Kier molecular flexibility index (Phi) is 3.47. The van der Waals surface area contributed by atoms with Crippen LogP contribution < -0.4 is 5.32 Å². The van der Waals surface area contributed by atoms with E-state index in [0.29, 0.717) is 6.04 Å². The van der Waals surface area contributed by atoms with E-state index in [4.69, 9.17) is 4.42 Å². The predicted molar refractivity (Wildman–Crippen MR) is 61.8 cm³/mol. The molecule has 2 rings (SSSR count). The van der Waals surface area contributed by atoms with Crippen LogP contribution in [0.25, 0.3) is 0 Å². The first-order valence-corrected chi connectivity index (χ1v) is 6.10. The maximum Gasteiger partial charge on any atom is 0.123 e. The molecule has 1 saturated carbocycles. The first-order chi connectivity index (χ1) is 7.33. The molecule has 0 aliphatic heterocycles. The fourth-order valence-corrected chi connectivity index (χ4v) is 2.69. The lowest BCUT2D eigenvalue weighted by Gasteiger charge is -2.23. The van der Waals surface area contributed by atoms with Crippen molar-refractivity contribution in [3.8, 4) is 0 Å². The standard InChI is InChI=1S/C13H21NO/c1-3-14-12(11-6-4-5-7-11)13-10(2)8-9-15-13/h8-9,11-12,14H,3-7H2,1-2H3. The molecule has 1 N–H and O–H groups in total. The third kappa shape index (κ3) is 2.25. The van der Waals surface area contributed by atoms with Gasteiger partial charge in [0.05, 0.1) is 12.3 Å². The molecule has 0 radical (unpaired) electrons. The monoisotopic (exact) mass is 207 g/mol. The van der Waals surface area contributed by atoms with Crippen LogP contribution in [0, 0.1) is 12.8 Å². The van der Waals surface area contributed by atoms with Gasteiger partial charge in [0, 0.05) is 0 Å². The Morgan fingerprint density at radius 1 is 1.47 bits per heavy atom. The molecule has 2 nitrogen and oxygen atoms in total. The summed E-state index contributed by atoms with van der Waals surface area (Å²) in [5, 5.41) is 3.57. The Labute approximate surface area is 92.1 Å². The van der Waals surface area contributed by atoms with Crippen LogP contribution in [0.4, 0.5) is 0 Å². The summed E-state index contributed by atoms with van der Waals surface area (Å²) >= 11 is 0. The van der Waals surface area contributed by atoms with Gasteiger partial charge in [0.25, 0.3) is 0 Å². The maximum atomic E-state index is 5.63. The van der Waals surface area contributed by atoms with Crippen molar-refractivity contribution in [3.05, 3.63) is 23.7 Å². The zero-order valence-electron chi connectivity index (χ0n) is 9.75. The summed E-state index contributed by atoms with van der Waals surface area (Å²) in [4.78, 5) is 0. The SMILES string of the molecule is CCNC(c1occc1C)C1CCCC1. The second kappa shape index (κ2) is 4.84. The molecule has 0 amide bonds. The van der Waals surface area contributed by atoms with Crippen molar-refractivity contribution in [1.82, 2.24) is 5.32 Å². The average molecular weight is 207 g/mol. The van der Waals surface area contributed by atoms with E-state index in [1.807, 2.05) is 6.26 Å². The van der Waals surface area contributed by atoms with E-state index in [-0.39, 0.29) is 0 Å². The van der Waals surface area contributed by atoms with Crippen molar-refractivity contribution in [2.45, 2.75) is 45.6 Å². The molecule has 84 valence electrons. The van der Waals surface area contributed by atoms with Gasteiger partial charge < -0.3 is 9.73 Å². The molecule has 1 atom stereocenters. The maximum absolute atomic E-state index is 5.63. The highest BCUT2D eigenvalue weighted by atomic mass is 16.3. The number of hydrogen-bond donors (Lipinski definition) is 1. The minimum Gasteiger partial charge on any atom is -0.467 e. The summed E-state index contributed by atoms with van der Waals surface area (Å²) in [6.07, 6.45) is 7.26. The Morgan fingerprint density at radius 2 is 2.20 bits per heavy atom. The van der Waals surface area contributed by atoms with Crippen LogP contribution >= 0.6 is 0 Å². The van der Waals surface area contributed by atoms with Gasteiger partial charge >= 0.3 is 0 Å². The summed E-state index contributed by atoms with van der Waals surface area (Å²) in [6, 6.07) is 2.50. The second-order valence-electron chi connectivity index (χ2n) is 4.55. The fraction of sp³-hybridized carbons (Fsp3) is 0.692. The third-order valence-corrected chi connectivity index (χ3v) is 3.48. The van der Waals surface area contributed by atoms with E-state index in [0.717, 1.165) is 18.2 Å². The van der Waals surface area contributed by atoms with Crippen molar-refractivity contribution >= 4 is 0 Å². The van der Waals surface area contributed by atoms with Crippen LogP contribution in [0.3, 0.4) is 0 Å². The van der Waals surface area contributed by atoms with Crippen molar-refractivity contribution in [3.63, 3.8) is 0 Å². The minimum absolute atomic E-state index is 0.438. The Bertz CT molecular complexity index is 299. The summed E-state index contributed by atoms with van der Waals surface area (Å²) in [6.45, 7) is 5.32. The van der Waals surface area contributed by atoms with E-state index < -0.39 is 0 Å². The molecule has 0 spiro atoms. The largest absolute Gasteiger partial charge is 0.467 e. The van der Waals surface area contributed by atoms with E-state index >= 15 is 0 Å². The number of hydrogen-bond acceptors (Lipinski definition) is 2. The molecule has 1 heterocycles. The highest BCUT2D eigenvalue weighted by molar-refractivity contribution is 5.19.